The van der Waals surface area contributed by atoms with Crippen LogP contribution in [0.4, 0.5) is 5.69 Å². The number of methoxy groups -OCH3 is 1. The summed E-state index contributed by atoms with van der Waals surface area (Å²) in [6.45, 7) is 2.58. The fourth-order valence-electron chi connectivity index (χ4n) is 2.92. The van der Waals surface area contributed by atoms with Crippen molar-refractivity contribution in [2.24, 2.45) is 0 Å². The van der Waals surface area contributed by atoms with Gasteiger partial charge in [-0.1, -0.05) is 18.2 Å². The summed E-state index contributed by atoms with van der Waals surface area (Å²) in [6.07, 6.45) is 2.49. The van der Waals surface area contributed by atoms with Crippen LogP contribution in [0.25, 0.3) is 0 Å². The molecular weight excluding hydrogens is 316 g/mol. The van der Waals surface area contributed by atoms with E-state index >= 15 is 0 Å². The van der Waals surface area contributed by atoms with Crippen LogP contribution in [0.15, 0.2) is 24.3 Å². The highest BCUT2D eigenvalue weighted by molar-refractivity contribution is 7.88. The molecule has 1 aromatic carbocycles. The summed E-state index contributed by atoms with van der Waals surface area (Å²) in [5.74, 6) is -0.190. The number of ether oxygens (including phenoxy) is 1. The molecule has 2 rings (SSSR count). The average molecular weight is 340 g/mol. The van der Waals surface area contributed by atoms with Crippen molar-refractivity contribution in [2.45, 2.75) is 25.8 Å². The molecule has 1 heterocycles. The molecule has 0 saturated heterocycles. The number of benzene rings is 1. The van der Waals surface area contributed by atoms with Gasteiger partial charge in [0.25, 0.3) is 0 Å². The fourth-order valence-corrected chi connectivity index (χ4v) is 3.73. The number of fused-ring (bicyclic) bond motifs is 1. The van der Waals surface area contributed by atoms with Gasteiger partial charge >= 0.3 is 0 Å². The van der Waals surface area contributed by atoms with E-state index in [0.717, 1.165) is 23.9 Å². The number of hydrogen-bond acceptors (Lipinski definition) is 4. The second kappa shape index (κ2) is 7.42. The molecule has 7 heteroatoms. The van der Waals surface area contributed by atoms with Crippen LogP contribution in [0.3, 0.4) is 0 Å². The molecule has 0 aliphatic carbocycles. The van der Waals surface area contributed by atoms with Gasteiger partial charge < -0.3 is 9.64 Å². The third-order valence-corrected chi connectivity index (χ3v) is 5.26. The first-order valence-electron chi connectivity index (χ1n) is 7.68. The number of rotatable bonds is 7. The highest BCUT2D eigenvalue weighted by Gasteiger charge is 2.32. The topological polar surface area (TPSA) is 66.9 Å². The molecule has 6 nitrogen and oxygen atoms in total. The molecule has 128 valence electrons. The molecule has 0 radical (unpaired) electrons. The van der Waals surface area contributed by atoms with E-state index in [4.69, 9.17) is 4.74 Å². The van der Waals surface area contributed by atoms with Crippen LogP contribution in [-0.4, -0.2) is 57.7 Å². The number of amides is 1. The van der Waals surface area contributed by atoms with Crippen LogP contribution >= 0.6 is 0 Å². The first kappa shape index (κ1) is 17.9. The van der Waals surface area contributed by atoms with E-state index in [9.17, 15) is 13.2 Å². The zero-order valence-corrected chi connectivity index (χ0v) is 14.7. The predicted octanol–water partition coefficient (Wildman–Crippen LogP) is 1.26. The number of sulfonamides is 1. The van der Waals surface area contributed by atoms with Crippen LogP contribution in [-0.2, 0) is 26.0 Å². The molecular formula is C16H24N2O4S. The summed E-state index contributed by atoms with van der Waals surface area (Å²) >= 11 is 0. The van der Waals surface area contributed by atoms with Crippen molar-refractivity contribution >= 4 is 21.6 Å². The summed E-state index contributed by atoms with van der Waals surface area (Å²) in [7, 11) is -1.87. The molecule has 23 heavy (non-hydrogen) atoms. The number of hydrogen-bond donors (Lipinski definition) is 0. The van der Waals surface area contributed by atoms with Gasteiger partial charge in [-0.15, -0.1) is 0 Å². The third-order valence-electron chi connectivity index (χ3n) is 4.01. The molecule has 1 aliphatic rings. The Balaban J connectivity index is 2.12. The van der Waals surface area contributed by atoms with Gasteiger partial charge in [-0.05, 0) is 31.4 Å². The second-order valence-electron chi connectivity index (χ2n) is 5.89. The van der Waals surface area contributed by atoms with Crippen molar-refractivity contribution in [1.29, 1.82) is 0 Å². The molecule has 0 fully saturated rings. The standard InChI is InChI=1S/C16H24N2O4S/c1-13-11-14-7-4-5-8-15(14)18(13)16(19)12-17(23(3,20)21)9-6-10-22-2/h4-5,7-8,13H,6,9-12H2,1-3H3. The Kier molecular flexibility index (Phi) is 5.78. The number of para-hydroxylation sites is 1. The minimum absolute atomic E-state index is 0.0419. The van der Waals surface area contributed by atoms with Crippen LogP contribution < -0.4 is 4.90 Å². The van der Waals surface area contributed by atoms with Gasteiger partial charge in [0.1, 0.15) is 0 Å². The van der Waals surface area contributed by atoms with Crippen LogP contribution in [0, 0.1) is 0 Å². The SMILES string of the molecule is COCCCN(CC(=O)N1c2ccccc2CC1C)S(C)(=O)=O. The first-order valence-corrected chi connectivity index (χ1v) is 9.53. The van der Waals surface area contributed by atoms with Crippen molar-refractivity contribution < 1.29 is 17.9 Å². The Morgan fingerprint density at radius 2 is 2.09 bits per heavy atom. The van der Waals surface area contributed by atoms with Gasteiger partial charge in [-0.3, -0.25) is 4.79 Å². The number of anilines is 1. The van der Waals surface area contributed by atoms with E-state index in [0.29, 0.717) is 13.0 Å². The van der Waals surface area contributed by atoms with Gasteiger partial charge in [-0.2, -0.15) is 4.31 Å². The largest absolute Gasteiger partial charge is 0.385 e. The Morgan fingerprint density at radius 3 is 2.74 bits per heavy atom. The second-order valence-corrected chi connectivity index (χ2v) is 7.87. The Bertz CT molecular complexity index is 660. The van der Waals surface area contributed by atoms with Crippen molar-refractivity contribution in [1.82, 2.24) is 4.31 Å². The molecule has 1 amide bonds. The van der Waals surface area contributed by atoms with E-state index in [-0.39, 0.29) is 25.0 Å². The highest BCUT2D eigenvalue weighted by Crippen LogP contribution is 2.31. The minimum Gasteiger partial charge on any atom is -0.385 e. The molecule has 1 aliphatic heterocycles. The number of carbonyl (C=O) groups is 1. The lowest BCUT2D eigenvalue weighted by Crippen LogP contribution is -2.45. The summed E-state index contributed by atoms with van der Waals surface area (Å²) in [6, 6.07) is 7.80. The van der Waals surface area contributed by atoms with Gasteiger partial charge in [-0.25, -0.2) is 8.42 Å². The monoisotopic (exact) mass is 340 g/mol. The van der Waals surface area contributed by atoms with E-state index in [1.54, 1.807) is 12.0 Å². The Morgan fingerprint density at radius 1 is 1.39 bits per heavy atom. The molecule has 0 spiro atoms. The number of carbonyl (C=O) groups excluding carboxylic acids is 1. The van der Waals surface area contributed by atoms with Gasteiger partial charge in [0.2, 0.25) is 15.9 Å². The van der Waals surface area contributed by atoms with Gasteiger partial charge in [0, 0.05) is 32.0 Å². The molecule has 0 aromatic heterocycles. The minimum atomic E-state index is -3.43. The summed E-state index contributed by atoms with van der Waals surface area (Å²) in [4.78, 5) is 14.4. The van der Waals surface area contributed by atoms with E-state index in [1.807, 2.05) is 31.2 Å². The van der Waals surface area contributed by atoms with Crippen LogP contribution in [0.1, 0.15) is 18.9 Å². The van der Waals surface area contributed by atoms with Crippen molar-refractivity contribution in [3.63, 3.8) is 0 Å². The third kappa shape index (κ3) is 4.31. The maximum atomic E-state index is 12.7. The van der Waals surface area contributed by atoms with E-state index in [1.165, 1.54) is 4.31 Å². The first-order chi connectivity index (χ1) is 10.8. The lowest BCUT2D eigenvalue weighted by atomic mass is 10.1. The van der Waals surface area contributed by atoms with Crippen molar-refractivity contribution in [3.05, 3.63) is 29.8 Å². The summed E-state index contributed by atoms with van der Waals surface area (Å²) < 4.78 is 30.0. The van der Waals surface area contributed by atoms with Crippen molar-refractivity contribution in [2.75, 3.05) is 38.0 Å². The maximum absolute atomic E-state index is 12.7. The lowest BCUT2D eigenvalue weighted by molar-refractivity contribution is -0.119. The predicted molar refractivity (Wildman–Crippen MR) is 90.0 cm³/mol. The zero-order chi connectivity index (χ0) is 17.0. The molecule has 1 atom stereocenters. The Labute approximate surface area is 138 Å². The van der Waals surface area contributed by atoms with Gasteiger partial charge in [0.15, 0.2) is 0 Å². The fraction of sp³-hybridized carbons (Fsp3) is 0.562. The van der Waals surface area contributed by atoms with E-state index < -0.39 is 10.0 Å². The summed E-state index contributed by atoms with van der Waals surface area (Å²) in [5, 5.41) is 0. The van der Waals surface area contributed by atoms with Crippen LogP contribution in [0.2, 0.25) is 0 Å². The molecule has 0 saturated carbocycles. The lowest BCUT2D eigenvalue weighted by Gasteiger charge is -2.26. The quantitative estimate of drug-likeness (QED) is 0.701. The maximum Gasteiger partial charge on any atom is 0.242 e. The zero-order valence-electron chi connectivity index (χ0n) is 13.9. The van der Waals surface area contributed by atoms with Crippen LogP contribution in [0.5, 0.6) is 0 Å². The molecule has 1 aromatic rings. The molecule has 0 N–H and O–H groups in total. The summed E-state index contributed by atoms with van der Waals surface area (Å²) in [5.41, 5.74) is 2.01. The average Bonchev–Trinajstić information content (AvgIpc) is 2.81. The normalized spacial score (nSPS) is 17.6. The molecule has 1 unspecified atom stereocenters. The number of nitrogens with zero attached hydrogens (tertiary/aromatic N) is 2. The highest BCUT2D eigenvalue weighted by atomic mass is 32.2. The molecule has 0 bridgehead atoms. The van der Waals surface area contributed by atoms with Gasteiger partial charge in [0.05, 0.1) is 12.8 Å². The van der Waals surface area contributed by atoms with Crippen molar-refractivity contribution in [3.8, 4) is 0 Å². The smallest absolute Gasteiger partial charge is 0.242 e. The Hall–Kier alpha value is -1.44. The van der Waals surface area contributed by atoms with E-state index in [2.05, 4.69) is 0 Å².